The van der Waals surface area contributed by atoms with Gasteiger partial charge in [0.2, 0.25) is 0 Å². The summed E-state index contributed by atoms with van der Waals surface area (Å²) in [5, 5.41) is 32.3. The number of nitrogens with one attached hydrogen (secondary N) is 2. The van der Waals surface area contributed by atoms with Crippen molar-refractivity contribution in [3.63, 3.8) is 0 Å². The third kappa shape index (κ3) is 5.83. The molecule has 0 saturated carbocycles. The molecule has 33 heavy (non-hydrogen) atoms. The number of rotatable bonds is 10. The fourth-order valence-corrected chi connectivity index (χ4v) is 4.02. The predicted octanol–water partition coefficient (Wildman–Crippen LogP) is 2.78. The number of carboxylic acids is 1. The maximum absolute atomic E-state index is 10.8. The van der Waals surface area contributed by atoms with Crippen molar-refractivity contribution in [1.29, 1.82) is 5.26 Å². The van der Waals surface area contributed by atoms with Crippen LogP contribution in [0.2, 0.25) is 0 Å². The first-order chi connectivity index (χ1) is 16.0. The van der Waals surface area contributed by atoms with Crippen LogP contribution in [0.15, 0.2) is 42.5 Å². The van der Waals surface area contributed by atoms with E-state index in [9.17, 15) is 9.90 Å². The Balaban J connectivity index is 1.21. The summed E-state index contributed by atoms with van der Waals surface area (Å²) in [5.41, 5.74) is 3.41. The quantitative estimate of drug-likeness (QED) is 0.375. The zero-order valence-electron chi connectivity index (χ0n) is 18.2. The highest BCUT2D eigenvalue weighted by Crippen LogP contribution is 2.29. The molecule has 0 saturated heterocycles. The average molecular weight is 450 g/mol. The van der Waals surface area contributed by atoms with Gasteiger partial charge in [-0.2, -0.15) is 5.26 Å². The van der Waals surface area contributed by atoms with Gasteiger partial charge in [0.1, 0.15) is 42.1 Å². The first kappa shape index (κ1) is 22.6. The second-order valence-electron chi connectivity index (χ2n) is 8.25. The van der Waals surface area contributed by atoms with Crippen molar-refractivity contribution in [2.24, 2.45) is 0 Å². The zero-order chi connectivity index (χ0) is 23.2. The molecular weight excluding hydrogens is 422 g/mol. The van der Waals surface area contributed by atoms with Crippen LogP contribution in [0.1, 0.15) is 29.7 Å². The molecule has 2 heterocycles. The number of H-pyrrole nitrogens is 1. The summed E-state index contributed by atoms with van der Waals surface area (Å²) in [5.74, 6) is 0.670. The summed E-state index contributed by atoms with van der Waals surface area (Å²) in [6, 6.07) is 15.2. The second kappa shape index (κ2) is 10.4. The van der Waals surface area contributed by atoms with Crippen LogP contribution < -0.4 is 14.8 Å². The number of aryl methyl sites for hydroxylation is 2. The van der Waals surface area contributed by atoms with Crippen LogP contribution in [0.25, 0.3) is 10.9 Å². The number of hydrogen-bond acceptors (Lipinski definition) is 6. The Kier molecular flexibility index (Phi) is 7.13. The second-order valence-corrected chi connectivity index (χ2v) is 8.25. The Morgan fingerprint density at radius 1 is 1.33 bits per heavy atom. The summed E-state index contributed by atoms with van der Waals surface area (Å²) in [6.07, 6.45) is 1.69. The Labute approximate surface area is 191 Å². The first-order valence-electron chi connectivity index (χ1n) is 11.1. The van der Waals surface area contributed by atoms with Crippen LogP contribution in [-0.4, -0.2) is 53.1 Å². The third-order valence-corrected chi connectivity index (χ3v) is 5.71. The average Bonchev–Trinajstić information content (AvgIpc) is 3.25. The molecular formula is C25H27N3O5. The predicted molar refractivity (Wildman–Crippen MR) is 123 cm³/mol. The molecule has 4 N–H and O–H groups in total. The number of carbonyl (C=O) groups is 1. The van der Waals surface area contributed by atoms with Crippen molar-refractivity contribution in [3.05, 3.63) is 59.3 Å². The summed E-state index contributed by atoms with van der Waals surface area (Å²) in [4.78, 5) is 13.8. The SMILES string of the molecule is N#Cc1cc2c(OCC(O)CNC[C@H]3CCc4cc(CCC(=O)O)ccc4O3)cccc2[nH]1. The minimum atomic E-state index is -0.794. The lowest BCUT2D eigenvalue weighted by molar-refractivity contribution is -0.136. The zero-order valence-corrected chi connectivity index (χ0v) is 18.2. The third-order valence-electron chi connectivity index (χ3n) is 5.71. The first-order valence-corrected chi connectivity index (χ1v) is 11.1. The minimum absolute atomic E-state index is 0.00787. The molecule has 8 heteroatoms. The number of aliphatic hydroxyl groups excluding tert-OH is 1. The Morgan fingerprint density at radius 3 is 3.03 bits per heavy atom. The lowest BCUT2D eigenvalue weighted by atomic mass is 9.98. The van der Waals surface area contributed by atoms with Crippen molar-refractivity contribution in [3.8, 4) is 17.6 Å². The molecule has 8 nitrogen and oxygen atoms in total. The van der Waals surface area contributed by atoms with Crippen molar-refractivity contribution in [2.75, 3.05) is 19.7 Å². The molecule has 2 atom stereocenters. The van der Waals surface area contributed by atoms with E-state index in [-0.39, 0.29) is 19.1 Å². The Morgan fingerprint density at radius 2 is 2.21 bits per heavy atom. The van der Waals surface area contributed by atoms with E-state index in [4.69, 9.17) is 19.8 Å². The maximum atomic E-state index is 10.8. The van der Waals surface area contributed by atoms with Crippen molar-refractivity contribution >= 4 is 16.9 Å². The fraction of sp³-hybridized carbons (Fsp3) is 0.360. The highest BCUT2D eigenvalue weighted by atomic mass is 16.5. The largest absolute Gasteiger partial charge is 0.490 e. The smallest absolute Gasteiger partial charge is 0.303 e. The number of fused-ring (bicyclic) bond motifs is 2. The number of aromatic nitrogens is 1. The van der Waals surface area contributed by atoms with Crippen LogP contribution in [0.3, 0.4) is 0 Å². The lowest BCUT2D eigenvalue weighted by Gasteiger charge is -2.27. The number of hydrogen-bond donors (Lipinski definition) is 4. The topological polar surface area (TPSA) is 128 Å². The molecule has 0 spiro atoms. The summed E-state index contributed by atoms with van der Waals surface area (Å²) < 4.78 is 11.8. The lowest BCUT2D eigenvalue weighted by Crippen LogP contribution is -2.39. The Bertz CT molecular complexity index is 1170. The highest BCUT2D eigenvalue weighted by Gasteiger charge is 2.20. The number of carboxylic acid groups (broad SMARTS) is 1. The van der Waals surface area contributed by atoms with Gasteiger partial charge in [-0.1, -0.05) is 18.2 Å². The van der Waals surface area contributed by atoms with Crippen molar-refractivity contribution in [2.45, 2.75) is 37.9 Å². The molecule has 1 aromatic heterocycles. The number of benzene rings is 2. The van der Waals surface area contributed by atoms with Crippen LogP contribution in [0.4, 0.5) is 0 Å². The van der Waals surface area contributed by atoms with Crippen LogP contribution in [-0.2, 0) is 17.6 Å². The van der Waals surface area contributed by atoms with Gasteiger partial charge in [0.05, 0.1) is 5.52 Å². The molecule has 3 aromatic rings. The van der Waals surface area contributed by atoms with Crippen LogP contribution in [0.5, 0.6) is 11.5 Å². The molecule has 0 amide bonds. The van der Waals surface area contributed by atoms with E-state index in [2.05, 4.69) is 16.4 Å². The number of nitriles is 1. The number of aromatic amines is 1. The van der Waals surface area contributed by atoms with E-state index in [0.29, 0.717) is 31.0 Å². The van der Waals surface area contributed by atoms with E-state index in [1.165, 1.54) is 0 Å². The molecule has 0 fully saturated rings. The van der Waals surface area contributed by atoms with Crippen LogP contribution >= 0.6 is 0 Å². The van der Waals surface area contributed by atoms with Gasteiger partial charge >= 0.3 is 5.97 Å². The van der Waals surface area contributed by atoms with E-state index < -0.39 is 12.1 Å². The van der Waals surface area contributed by atoms with Gasteiger partial charge in [-0.15, -0.1) is 0 Å². The van der Waals surface area contributed by atoms with E-state index >= 15 is 0 Å². The van der Waals surface area contributed by atoms with E-state index in [1.807, 2.05) is 36.4 Å². The van der Waals surface area contributed by atoms with Gasteiger partial charge < -0.3 is 30.0 Å². The van der Waals surface area contributed by atoms with Gasteiger partial charge in [-0.25, -0.2) is 0 Å². The number of aliphatic carboxylic acids is 1. The standard InChI is InChI=1S/C25H27N3O5/c26-12-18-11-21-22(28-18)2-1-3-24(21)32-15-19(29)13-27-14-20-7-6-17-10-16(5-9-25(30)31)4-8-23(17)33-20/h1-4,8,10-11,19-20,27-29H,5-7,9,13-15H2,(H,30,31)/t19?,20-/m1/s1. The molecule has 4 rings (SSSR count). The maximum Gasteiger partial charge on any atom is 0.303 e. The highest BCUT2D eigenvalue weighted by molar-refractivity contribution is 5.87. The summed E-state index contributed by atoms with van der Waals surface area (Å²) in [6.45, 7) is 1.11. The monoisotopic (exact) mass is 449 g/mol. The summed E-state index contributed by atoms with van der Waals surface area (Å²) >= 11 is 0. The normalized spacial score (nSPS) is 15.9. The van der Waals surface area contributed by atoms with Gasteiger partial charge in [0.25, 0.3) is 0 Å². The molecule has 0 bridgehead atoms. The molecule has 1 aliphatic rings. The van der Waals surface area contributed by atoms with E-state index in [0.717, 1.165) is 40.6 Å². The number of nitrogens with zero attached hydrogens (tertiary/aromatic N) is 1. The number of aliphatic hydroxyl groups is 1. The van der Waals surface area contributed by atoms with Gasteiger partial charge in [-0.3, -0.25) is 4.79 Å². The van der Waals surface area contributed by atoms with Gasteiger partial charge in [-0.05, 0) is 54.7 Å². The molecule has 172 valence electrons. The minimum Gasteiger partial charge on any atom is -0.490 e. The van der Waals surface area contributed by atoms with Crippen LogP contribution in [0, 0.1) is 11.3 Å². The number of ether oxygens (including phenoxy) is 2. The summed E-state index contributed by atoms with van der Waals surface area (Å²) in [7, 11) is 0. The van der Waals surface area contributed by atoms with Gasteiger partial charge in [0, 0.05) is 24.9 Å². The van der Waals surface area contributed by atoms with Crippen molar-refractivity contribution < 1.29 is 24.5 Å². The Hall–Kier alpha value is -3.54. The molecule has 1 aliphatic heterocycles. The molecule has 2 aromatic carbocycles. The molecule has 1 unspecified atom stereocenters. The van der Waals surface area contributed by atoms with Crippen molar-refractivity contribution in [1.82, 2.24) is 10.3 Å². The fourth-order valence-electron chi connectivity index (χ4n) is 4.02. The van der Waals surface area contributed by atoms with E-state index in [1.54, 1.807) is 6.07 Å². The van der Waals surface area contributed by atoms with Gasteiger partial charge in [0.15, 0.2) is 0 Å². The molecule has 0 radical (unpaired) electrons. The molecule has 0 aliphatic carbocycles.